The molecule has 2 rings (SSSR count). The van der Waals surface area contributed by atoms with Crippen molar-refractivity contribution in [3.8, 4) is 0 Å². The van der Waals surface area contributed by atoms with Gasteiger partial charge in [0, 0.05) is 6.04 Å². The lowest BCUT2D eigenvalue weighted by molar-refractivity contribution is 0.505. The maximum absolute atomic E-state index is 13.4. The summed E-state index contributed by atoms with van der Waals surface area (Å²) in [5, 5.41) is 0. The smallest absolute Gasteiger partial charge is 0.208 e. The van der Waals surface area contributed by atoms with E-state index in [0.717, 1.165) is 43.9 Å². The molecule has 0 amide bonds. The Hall–Kier alpha value is -1.01. The van der Waals surface area contributed by atoms with Gasteiger partial charge in [-0.1, -0.05) is 18.9 Å². The van der Waals surface area contributed by atoms with Gasteiger partial charge in [-0.05, 0) is 25.0 Å². The molecule has 94 valence electrons. The molecule has 1 saturated carbocycles. The predicted molar refractivity (Wildman–Crippen MR) is 58.9 cm³/mol. The molecule has 1 aromatic carbocycles. The minimum absolute atomic E-state index is 0.209. The molecule has 1 aromatic rings. The summed E-state index contributed by atoms with van der Waals surface area (Å²) < 4.78 is 52.7. The molecule has 1 fully saturated rings. The third kappa shape index (κ3) is 2.63. The molecule has 0 spiro atoms. The Morgan fingerprint density at radius 2 is 1.65 bits per heavy atom. The third-order valence-electron chi connectivity index (χ3n) is 2.86. The fraction of sp³-hybridized carbons (Fsp3) is 0.455. The van der Waals surface area contributed by atoms with Crippen molar-refractivity contribution in [1.29, 1.82) is 0 Å². The number of halogens is 2. The molecule has 0 heterocycles. The molecule has 1 aliphatic rings. The molecule has 6 heteroatoms. The standard InChI is InChI=1S/C11H13F2NO2S/c12-9-6-3-7-10(13)11(9)17(15,16)14-8-4-1-2-5-8/h3,6-8,14H,1-2,4-5H2. The normalized spacial score (nSPS) is 17.5. The van der Waals surface area contributed by atoms with Crippen molar-refractivity contribution in [3.05, 3.63) is 29.8 Å². The van der Waals surface area contributed by atoms with E-state index in [1.165, 1.54) is 0 Å². The lowest BCUT2D eigenvalue weighted by atomic mass is 10.3. The molecule has 0 unspecified atom stereocenters. The third-order valence-corrected chi connectivity index (χ3v) is 4.44. The second kappa shape index (κ2) is 4.70. The van der Waals surface area contributed by atoms with E-state index in [0.29, 0.717) is 0 Å². The maximum atomic E-state index is 13.4. The largest absolute Gasteiger partial charge is 0.246 e. The van der Waals surface area contributed by atoms with Crippen LogP contribution in [0.15, 0.2) is 23.1 Å². The van der Waals surface area contributed by atoms with Crippen LogP contribution in [0.4, 0.5) is 8.78 Å². The van der Waals surface area contributed by atoms with E-state index >= 15 is 0 Å². The maximum Gasteiger partial charge on any atom is 0.246 e. The summed E-state index contributed by atoms with van der Waals surface area (Å²) in [5.74, 6) is -2.12. The second-order valence-electron chi connectivity index (χ2n) is 4.15. The first kappa shape index (κ1) is 12.4. The minimum atomic E-state index is -4.11. The van der Waals surface area contributed by atoms with Gasteiger partial charge in [0.05, 0.1) is 0 Å². The minimum Gasteiger partial charge on any atom is -0.208 e. The van der Waals surface area contributed by atoms with Crippen LogP contribution in [-0.4, -0.2) is 14.5 Å². The molecule has 0 atom stereocenters. The molecule has 0 radical (unpaired) electrons. The van der Waals surface area contributed by atoms with Crippen LogP contribution >= 0.6 is 0 Å². The van der Waals surface area contributed by atoms with Crippen LogP contribution in [0.2, 0.25) is 0 Å². The van der Waals surface area contributed by atoms with Gasteiger partial charge >= 0.3 is 0 Å². The van der Waals surface area contributed by atoms with E-state index in [1.807, 2.05) is 0 Å². The monoisotopic (exact) mass is 261 g/mol. The number of benzene rings is 1. The molecule has 0 aromatic heterocycles. The van der Waals surface area contributed by atoms with Gasteiger partial charge in [0.1, 0.15) is 11.6 Å². The van der Waals surface area contributed by atoms with Crippen LogP contribution in [0.3, 0.4) is 0 Å². The average molecular weight is 261 g/mol. The van der Waals surface area contributed by atoms with Crippen molar-refractivity contribution in [3.63, 3.8) is 0 Å². The Morgan fingerprint density at radius 3 is 2.18 bits per heavy atom. The summed E-state index contributed by atoms with van der Waals surface area (Å²) in [6.07, 6.45) is 3.31. The van der Waals surface area contributed by atoms with Crippen LogP contribution in [0, 0.1) is 11.6 Å². The number of hydrogen-bond donors (Lipinski definition) is 1. The van der Waals surface area contributed by atoms with Gasteiger partial charge in [-0.3, -0.25) is 0 Å². The molecule has 3 nitrogen and oxygen atoms in total. The van der Waals surface area contributed by atoms with Gasteiger partial charge < -0.3 is 0 Å². The summed E-state index contributed by atoms with van der Waals surface area (Å²) in [5.41, 5.74) is 0. The van der Waals surface area contributed by atoms with Crippen LogP contribution in [0.5, 0.6) is 0 Å². The molecular weight excluding hydrogens is 248 g/mol. The molecule has 0 saturated heterocycles. The van der Waals surface area contributed by atoms with Gasteiger partial charge in [-0.25, -0.2) is 21.9 Å². The van der Waals surface area contributed by atoms with Gasteiger partial charge in [-0.15, -0.1) is 0 Å². The number of sulfonamides is 1. The summed E-state index contributed by atoms with van der Waals surface area (Å²) in [6, 6.07) is 2.80. The average Bonchev–Trinajstić information content (AvgIpc) is 2.68. The molecule has 0 bridgehead atoms. The highest BCUT2D eigenvalue weighted by molar-refractivity contribution is 7.89. The van der Waals surface area contributed by atoms with E-state index in [4.69, 9.17) is 0 Å². The number of hydrogen-bond acceptors (Lipinski definition) is 2. The highest BCUT2D eigenvalue weighted by Crippen LogP contribution is 2.23. The van der Waals surface area contributed by atoms with E-state index in [9.17, 15) is 17.2 Å². The van der Waals surface area contributed by atoms with Gasteiger partial charge in [-0.2, -0.15) is 0 Å². The Labute approximate surface area is 98.9 Å². The zero-order valence-electron chi connectivity index (χ0n) is 9.12. The van der Waals surface area contributed by atoms with E-state index < -0.39 is 26.6 Å². The predicted octanol–water partition coefficient (Wildman–Crippen LogP) is 2.19. The molecule has 1 aliphatic carbocycles. The SMILES string of the molecule is O=S(=O)(NC1CCCC1)c1c(F)cccc1F. The second-order valence-corrected chi connectivity index (χ2v) is 5.80. The van der Waals surface area contributed by atoms with E-state index in [2.05, 4.69) is 4.72 Å². The van der Waals surface area contributed by atoms with Crippen LogP contribution in [0.1, 0.15) is 25.7 Å². The molecule has 1 N–H and O–H groups in total. The van der Waals surface area contributed by atoms with E-state index in [1.54, 1.807) is 0 Å². The van der Waals surface area contributed by atoms with Gasteiger partial charge in [0.25, 0.3) is 0 Å². The number of rotatable bonds is 3. The fourth-order valence-electron chi connectivity index (χ4n) is 2.06. The topological polar surface area (TPSA) is 46.2 Å². The molecule has 17 heavy (non-hydrogen) atoms. The first-order chi connectivity index (χ1) is 8.00. The highest BCUT2D eigenvalue weighted by Gasteiger charge is 2.27. The van der Waals surface area contributed by atoms with Gasteiger partial charge in [0.2, 0.25) is 10.0 Å². The quantitative estimate of drug-likeness (QED) is 0.906. The summed E-state index contributed by atoms with van der Waals surface area (Å²) in [4.78, 5) is -0.883. The fourth-order valence-corrected chi connectivity index (χ4v) is 3.50. The Morgan fingerprint density at radius 1 is 1.12 bits per heavy atom. The lowest BCUT2D eigenvalue weighted by Crippen LogP contribution is -2.33. The zero-order chi connectivity index (χ0) is 12.5. The number of nitrogens with one attached hydrogen (secondary N) is 1. The van der Waals surface area contributed by atoms with Crippen molar-refractivity contribution in [1.82, 2.24) is 4.72 Å². The van der Waals surface area contributed by atoms with Crippen molar-refractivity contribution in [2.24, 2.45) is 0 Å². The summed E-state index contributed by atoms with van der Waals surface area (Å²) in [6.45, 7) is 0. The van der Waals surface area contributed by atoms with Crippen molar-refractivity contribution in [2.45, 2.75) is 36.6 Å². The first-order valence-corrected chi connectivity index (χ1v) is 6.95. The van der Waals surface area contributed by atoms with Crippen molar-refractivity contribution >= 4 is 10.0 Å². The van der Waals surface area contributed by atoms with Gasteiger partial charge in [0.15, 0.2) is 4.90 Å². The summed E-state index contributed by atoms with van der Waals surface area (Å²) in [7, 11) is -4.11. The van der Waals surface area contributed by atoms with E-state index in [-0.39, 0.29) is 6.04 Å². The van der Waals surface area contributed by atoms with Crippen LogP contribution < -0.4 is 4.72 Å². The Kier molecular flexibility index (Phi) is 3.44. The van der Waals surface area contributed by atoms with Crippen molar-refractivity contribution in [2.75, 3.05) is 0 Å². The zero-order valence-corrected chi connectivity index (χ0v) is 9.93. The lowest BCUT2D eigenvalue weighted by Gasteiger charge is -2.13. The van der Waals surface area contributed by atoms with Crippen LogP contribution in [0.25, 0.3) is 0 Å². The van der Waals surface area contributed by atoms with Crippen molar-refractivity contribution < 1.29 is 17.2 Å². The molecule has 0 aliphatic heterocycles. The first-order valence-electron chi connectivity index (χ1n) is 5.47. The highest BCUT2D eigenvalue weighted by atomic mass is 32.2. The van der Waals surface area contributed by atoms with Crippen LogP contribution in [-0.2, 0) is 10.0 Å². The summed E-state index contributed by atoms with van der Waals surface area (Å²) >= 11 is 0. The Balaban J connectivity index is 2.31. The Bertz CT molecular complexity index is 490. The molecular formula is C11H13F2NO2S.